The summed E-state index contributed by atoms with van der Waals surface area (Å²) in [5, 5.41) is 3.15. The summed E-state index contributed by atoms with van der Waals surface area (Å²) in [7, 11) is 0. The van der Waals surface area contributed by atoms with Gasteiger partial charge in [-0.1, -0.05) is 56.8 Å². The van der Waals surface area contributed by atoms with Crippen LogP contribution in [0.4, 0.5) is 0 Å². The predicted octanol–water partition coefficient (Wildman–Crippen LogP) is 3.85. The van der Waals surface area contributed by atoms with Crippen LogP contribution in [0.2, 0.25) is 0 Å². The molecule has 1 aromatic heterocycles. The number of nitrogens with one attached hydrogen (secondary N) is 1. The van der Waals surface area contributed by atoms with Gasteiger partial charge >= 0.3 is 0 Å². The van der Waals surface area contributed by atoms with Gasteiger partial charge in [0.2, 0.25) is 5.78 Å². The molecule has 1 atom stereocenters. The number of benzene rings is 1. The highest BCUT2D eigenvalue weighted by molar-refractivity contribution is 7.80. The van der Waals surface area contributed by atoms with Gasteiger partial charge in [-0.2, -0.15) is 4.57 Å². The lowest BCUT2D eigenvalue weighted by molar-refractivity contribution is -0.692. The average molecular weight is 356 g/mol. The van der Waals surface area contributed by atoms with Crippen LogP contribution in [-0.4, -0.2) is 17.3 Å². The van der Waals surface area contributed by atoms with Crippen LogP contribution in [0.1, 0.15) is 54.7 Å². The number of nitrogens with zero attached hydrogens (tertiary/aromatic N) is 1. The van der Waals surface area contributed by atoms with Crippen molar-refractivity contribution in [1.29, 1.82) is 0 Å². The van der Waals surface area contributed by atoms with E-state index in [1.165, 1.54) is 11.1 Å². The molecule has 0 aliphatic heterocycles. The molecule has 3 nitrogen and oxygen atoms in total. The fraction of sp³-hybridized carbons (Fsp3) is 0.381. The van der Waals surface area contributed by atoms with Crippen molar-refractivity contribution in [2.45, 2.75) is 46.1 Å². The third kappa shape index (κ3) is 4.95. The zero-order valence-electron chi connectivity index (χ0n) is 15.3. The van der Waals surface area contributed by atoms with E-state index < -0.39 is 6.04 Å². The lowest BCUT2D eigenvalue weighted by Crippen LogP contribution is -2.51. The lowest BCUT2D eigenvalue weighted by Gasteiger charge is -2.14. The second kappa shape index (κ2) is 9.42. The van der Waals surface area contributed by atoms with Crippen LogP contribution in [-0.2, 0) is 12.8 Å². The minimum Gasteiger partial charge on any atom is -0.374 e. The Hall–Kier alpha value is -2.07. The zero-order chi connectivity index (χ0) is 18.2. The molecule has 1 N–H and O–H groups in total. The van der Waals surface area contributed by atoms with Gasteiger partial charge in [0.05, 0.1) is 0 Å². The van der Waals surface area contributed by atoms with E-state index in [2.05, 4.69) is 31.3 Å². The van der Waals surface area contributed by atoms with E-state index in [-0.39, 0.29) is 5.78 Å². The maximum Gasteiger partial charge on any atom is 0.270 e. The first-order valence-corrected chi connectivity index (χ1v) is 9.42. The number of ketones is 1. The van der Waals surface area contributed by atoms with Gasteiger partial charge in [0, 0.05) is 24.2 Å². The van der Waals surface area contributed by atoms with Crippen LogP contribution in [0.3, 0.4) is 0 Å². The topological polar surface area (TPSA) is 33.0 Å². The highest BCUT2D eigenvalue weighted by Crippen LogP contribution is 2.13. The normalized spacial score (nSPS) is 11.8. The minimum atomic E-state index is -0.516. The van der Waals surface area contributed by atoms with Crippen molar-refractivity contribution in [3.05, 3.63) is 65.5 Å². The van der Waals surface area contributed by atoms with Gasteiger partial charge < -0.3 is 5.32 Å². The molecule has 0 unspecified atom stereocenters. The van der Waals surface area contributed by atoms with Crippen LogP contribution in [0.15, 0.2) is 48.8 Å². The van der Waals surface area contributed by atoms with E-state index >= 15 is 0 Å². The molecule has 1 heterocycles. The molecule has 0 fully saturated rings. The molecule has 0 spiro atoms. The Balaban J connectivity index is 2.33. The minimum absolute atomic E-state index is 0.0156. The SMILES string of the molecule is CCCc1cc[n+]([C@H](C(=O)c2ccc(CC)cc2)C(=S)NCC)cc1. The fourth-order valence-electron chi connectivity index (χ4n) is 2.82. The molecular formula is C21H27N2OS+. The third-order valence-electron chi connectivity index (χ3n) is 4.25. The third-order valence-corrected chi connectivity index (χ3v) is 4.62. The number of likely N-dealkylation sites (N-methyl/N-ethyl adjacent to an activating group) is 1. The van der Waals surface area contributed by atoms with Crippen molar-refractivity contribution < 1.29 is 9.36 Å². The molecule has 0 saturated heterocycles. The number of thiocarbonyl (C=S) groups is 1. The molecular weight excluding hydrogens is 328 g/mol. The molecule has 0 radical (unpaired) electrons. The first-order valence-electron chi connectivity index (χ1n) is 9.01. The van der Waals surface area contributed by atoms with E-state index in [4.69, 9.17) is 12.2 Å². The van der Waals surface area contributed by atoms with Crippen LogP contribution in [0.25, 0.3) is 0 Å². The highest BCUT2D eigenvalue weighted by atomic mass is 32.1. The number of carbonyl (C=O) groups excluding carboxylic acids is 1. The number of hydrogen-bond acceptors (Lipinski definition) is 2. The summed E-state index contributed by atoms with van der Waals surface area (Å²) in [6.07, 6.45) is 7.01. The quantitative estimate of drug-likeness (QED) is 0.443. The summed E-state index contributed by atoms with van der Waals surface area (Å²) >= 11 is 5.51. The van der Waals surface area contributed by atoms with Gasteiger partial charge in [0.1, 0.15) is 0 Å². The zero-order valence-corrected chi connectivity index (χ0v) is 16.1. The summed E-state index contributed by atoms with van der Waals surface area (Å²) in [4.78, 5) is 13.7. The van der Waals surface area contributed by atoms with Gasteiger partial charge in [-0.25, -0.2) is 0 Å². The van der Waals surface area contributed by atoms with Crippen molar-refractivity contribution in [3.63, 3.8) is 0 Å². The Bertz CT molecular complexity index is 708. The van der Waals surface area contributed by atoms with Crippen LogP contribution < -0.4 is 9.88 Å². The molecule has 132 valence electrons. The molecule has 0 aliphatic rings. The summed E-state index contributed by atoms with van der Waals surface area (Å²) in [5.74, 6) is 0.0156. The van der Waals surface area contributed by atoms with E-state index in [9.17, 15) is 4.79 Å². The monoisotopic (exact) mass is 355 g/mol. The van der Waals surface area contributed by atoms with Crippen LogP contribution in [0, 0.1) is 0 Å². The first-order chi connectivity index (χ1) is 12.1. The van der Waals surface area contributed by atoms with Crippen molar-refractivity contribution >= 4 is 23.0 Å². The number of rotatable bonds is 8. The molecule has 4 heteroatoms. The molecule has 2 aromatic rings. The Labute approximate surface area is 156 Å². The van der Waals surface area contributed by atoms with Crippen LogP contribution >= 0.6 is 12.2 Å². The van der Waals surface area contributed by atoms with Crippen molar-refractivity contribution in [2.75, 3.05) is 6.54 Å². The summed E-state index contributed by atoms with van der Waals surface area (Å²) in [6.45, 7) is 6.95. The fourth-order valence-corrected chi connectivity index (χ4v) is 3.19. The van der Waals surface area contributed by atoms with Crippen LogP contribution in [0.5, 0.6) is 0 Å². The lowest BCUT2D eigenvalue weighted by atomic mass is 10.0. The van der Waals surface area contributed by atoms with E-state index in [1.807, 2.05) is 48.1 Å². The smallest absolute Gasteiger partial charge is 0.270 e. The van der Waals surface area contributed by atoms with Gasteiger partial charge in [0.15, 0.2) is 17.4 Å². The van der Waals surface area contributed by atoms with E-state index in [1.54, 1.807) is 0 Å². The number of aromatic nitrogens is 1. The Morgan fingerprint density at radius 2 is 1.68 bits per heavy atom. The molecule has 25 heavy (non-hydrogen) atoms. The second-order valence-electron chi connectivity index (χ2n) is 6.12. The summed E-state index contributed by atoms with van der Waals surface area (Å²) in [5.41, 5.74) is 3.18. The molecule has 0 bridgehead atoms. The van der Waals surface area contributed by atoms with Gasteiger partial charge in [-0.05, 0) is 30.9 Å². The number of carbonyl (C=O) groups is 1. The van der Waals surface area contributed by atoms with Crippen molar-refractivity contribution in [1.82, 2.24) is 5.32 Å². The maximum atomic E-state index is 13.1. The predicted molar refractivity (Wildman–Crippen MR) is 106 cm³/mol. The number of Topliss-reactive ketones (excluding diaryl/α,β-unsaturated/α-hetero) is 1. The molecule has 0 saturated carbocycles. The Morgan fingerprint density at radius 1 is 1.04 bits per heavy atom. The van der Waals surface area contributed by atoms with E-state index in [0.717, 1.165) is 19.3 Å². The number of hydrogen-bond donors (Lipinski definition) is 1. The number of aryl methyl sites for hydroxylation is 2. The molecule has 0 aliphatic carbocycles. The first kappa shape index (κ1) is 19.3. The van der Waals surface area contributed by atoms with Crippen molar-refractivity contribution in [2.24, 2.45) is 0 Å². The highest BCUT2D eigenvalue weighted by Gasteiger charge is 2.32. The van der Waals surface area contributed by atoms with Gasteiger partial charge in [0.25, 0.3) is 6.04 Å². The molecule has 2 rings (SSSR count). The van der Waals surface area contributed by atoms with Gasteiger partial charge in [-0.3, -0.25) is 4.79 Å². The molecule has 0 amide bonds. The molecule has 1 aromatic carbocycles. The van der Waals surface area contributed by atoms with Crippen molar-refractivity contribution in [3.8, 4) is 0 Å². The second-order valence-corrected chi connectivity index (χ2v) is 6.56. The average Bonchev–Trinajstić information content (AvgIpc) is 2.64. The van der Waals surface area contributed by atoms with Gasteiger partial charge in [-0.15, -0.1) is 0 Å². The Kier molecular flexibility index (Phi) is 7.26. The standard InChI is InChI=1S/C21H26N2OS/c1-4-7-17-12-14-23(15-13-17)19(21(25)22-6-3)20(24)18-10-8-16(5-2)9-11-18/h8-15,19H,4-7H2,1-3H3/p+1/t19-/m1/s1. The Morgan fingerprint density at radius 3 is 2.20 bits per heavy atom. The van der Waals surface area contributed by atoms with E-state index in [0.29, 0.717) is 17.1 Å². The maximum absolute atomic E-state index is 13.1. The number of pyridine rings is 1. The summed E-state index contributed by atoms with van der Waals surface area (Å²) in [6, 6.07) is 11.4. The summed E-state index contributed by atoms with van der Waals surface area (Å²) < 4.78 is 1.90. The largest absolute Gasteiger partial charge is 0.374 e.